The maximum Gasteiger partial charge on any atom is 0.248 e. The summed E-state index contributed by atoms with van der Waals surface area (Å²) in [5.74, 6) is 0.379. The van der Waals surface area contributed by atoms with Crippen molar-refractivity contribution in [2.24, 2.45) is 0 Å². The van der Waals surface area contributed by atoms with E-state index < -0.39 is 6.10 Å². The van der Waals surface area contributed by atoms with Crippen molar-refractivity contribution in [3.63, 3.8) is 0 Å². The largest absolute Gasteiger partial charge is 0.385 e. The van der Waals surface area contributed by atoms with Crippen molar-refractivity contribution < 1.29 is 14.6 Å². The molecule has 0 saturated carbocycles. The Morgan fingerprint density at radius 3 is 2.38 bits per heavy atom. The number of carbonyl (C=O) groups excluding carboxylic acids is 1. The lowest BCUT2D eigenvalue weighted by molar-refractivity contribution is -0.120. The Morgan fingerprint density at radius 2 is 1.79 bits per heavy atom. The van der Waals surface area contributed by atoms with Gasteiger partial charge in [-0.05, 0) is 43.0 Å². The predicted octanol–water partition coefficient (Wildman–Crippen LogP) is 3.85. The smallest absolute Gasteiger partial charge is 0.248 e. The summed E-state index contributed by atoms with van der Waals surface area (Å²) in [4.78, 5) is 19.7. The van der Waals surface area contributed by atoms with Crippen LogP contribution in [0.15, 0.2) is 42.5 Å². The standard InChI is InChI=1S/C23H29N3O3/c1-5-17-10-9-11-18(6-2)22(17)26(15-29-4)21(28)14-25-20-13-8-7-12-19(20)24-23(25)16(3)27/h7-13,16,27H,5-6,14-15H2,1-4H3/t16-/m1/s1. The second-order valence-corrected chi connectivity index (χ2v) is 7.09. The summed E-state index contributed by atoms with van der Waals surface area (Å²) in [6.45, 7) is 6.08. The first-order chi connectivity index (χ1) is 14.0. The van der Waals surface area contributed by atoms with Gasteiger partial charge in [0.1, 0.15) is 25.2 Å². The Bertz CT molecular complexity index is 972. The number of hydrogen-bond acceptors (Lipinski definition) is 4. The number of fused-ring (bicyclic) bond motifs is 1. The summed E-state index contributed by atoms with van der Waals surface area (Å²) in [5, 5.41) is 10.2. The van der Waals surface area contributed by atoms with Crippen molar-refractivity contribution in [1.29, 1.82) is 0 Å². The molecule has 0 aliphatic rings. The van der Waals surface area contributed by atoms with Gasteiger partial charge in [-0.25, -0.2) is 4.98 Å². The van der Waals surface area contributed by atoms with Gasteiger partial charge in [-0.1, -0.05) is 44.2 Å². The number of aryl methyl sites for hydroxylation is 2. The molecule has 2 aromatic carbocycles. The minimum atomic E-state index is -0.778. The summed E-state index contributed by atoms with van der Waals surface area (Å²) in [7, 11) is 1.59. The van der Waals surface area contributed by atoms with Crippen LogP contribution in [0.5, 0.6) is 0 Å². The predicted molar refractivity (Wildman–Crippen MR) is 115 cm³/mol. The van der Waals surface area contributed by atoms with E-state index in [0.717, 1.165) is 40.7 Å². The van der Waals surface area contributed by atoms with Crippen LogP contribution >= 0.6 is 0 Å². The first kappa shape index (κ1) is 21.0. The molecule has 1 amide bonds. The summed E-state index contributed by atoms with van der Waals surface area (Å²) in [5.41, 5.74) is 4.74. The number of nitrogens with zero attached hydrogens (tertiary/aromatic N) is 3. The van der Waals surface area contributed by atoms with Gasteiger partial charge in [-0.2, -0.15) is 0 Å². The molecular weight excluding hydrogens is 366 g/mol. The van der Waals surface area contributed by atoms with Gasteiger partial charge >= 0.3 is 0 Å². The van der Waals surface area contributed by atoms with Crippen molar-refractivity contribution in [3.05, 3.63) is 59.4 Å². The molecule has 0 bridgehead atoms. The third kappa shape index (κ3) is 4.18. The van der Waals surface area contributed by atoms with Crippen molar-refractivity contribution in [2.45, 2.75) is 46.3 Å². The first-order valence-electron chi connectivity index (χ1n) is 10.0. The van der Waals surface area contributed by atoms with Crippen LogP contribution in [0, 0.1) is 0 Å². The number of imidazole rings is 1. The Kier molecular flexibility index (Phi) is 6.67. The second-order valence-electron chi connectivity index (χ2n) is 7.09. The lowest BCUT2D eigenvalue weighted by Crippen LogP contribution is -2.37. The molecule has 154 valence electrons. The molecule has 29 heavy (non-hydrogen) atoms. The monoisotopic (exact) mass is 395 g/mol. The Morgan fingerprint density at radius 1 is 1.14 bits per heavy atom. The van der Waals surface area contributed by atoms with Crippen molar-refractivity contribution >= 4 is 22.6 Å². The number of benzene rings is 2. The summed E-state index contributed by atoms with van der Waals surface area (Å²) >= 11 is 0. The fourth-order valence-electron chi connectivity index (χ4n) is 3.75. The highest BCUT2D eigenvalue weighted by atomic mass is 16.5. The van der Waals surface area contributed by atoms with Crippen molar-refractivity contribution in [3.8, 4) is 0 Å². The molecule has 1 heterocycles. The molecule has 6 heteroatoms. The number of amides is 1. The number of para-hydroxylation sites is 3. The zero-order chi connectivity index (χ0) is 21.0. The van der Waals surface area contributed by atoms with Crippen molar-refractivity contribution in [1.82, 2.24) is 9.55 Å². The van der Waals surface area contributed by atoms with Gasteiger partial charge in [0.05, 0.1) is 16.7 Å². The summed E-state index contributed by atoms with van der Waals surface area (Å²) < 4.78 is 7.19. The second kappa shape index (κ2) is 9.20. The van der Waals surface area contributed by atoms with Crippen LogP contribution in [0.1, 0.15) is 43.8 Å². The van der Waals surface area contributed by atoms with Crippen LogP contribution in [0.25, 0.3) is 11.0 Å². The van der Waals surface area contributed by atoms with Crippen LogP contribution < -0.4 is 4.90 Å². The van der Waals surface area contributed by atoms with Gasteiger partial charge in [0.15, 0.2) is 0 Å². The summed E-state index contributed by atoms with van der Waals surface area (Å²) in [6, 6.07) is 13.7. The molecule has 1 N–H and O–H groups in total. The Balaban J connectivity index is 2.05. The van der Waals surface area contributed by atoms with Crippen LogP contribution in [-0.4, -0.2) is 34.4 Å². The molecule has 0 radical (unpaired) electrons. The number of aromatic nitrogens is 2. The molecule has 0 unspecified atom stereocenters. The van der Waals surface area contributed by atoms with E-state index in [1.165, 1.54) is 0 Å². The molecule has 0 spiro atoms. The molecule has 1 atom stereocenters. The van der Waals surface area contributed by atoms with E-state index in [2.05, 4.69) is 31.0 Å². The molecule has 6 nitrogen and oxygen atoms in total. The average Bonchev–Trinajstić information content (AvgIpc) is 3.10. The quantitative estimate of drug-likeness (QED) is 0.588. The Labute approximate surface area is 171 Å². The van der Waals surface area contributed by atoms with Crippen LogP contribution in [0.4, 0.5) is 5.69 Å². The van der Waals surface area contributed by atoms with E-state index in [-0.39, 0.29) is 19.2 Å². The van der Waals surface area contributed by atoms with Gasteiger partial charge in [-0.15, -0.1) is 0 Å². The highest BCUT2D eigenvalue weighted by Crippen LogP contribution is 2.28. The van der Waals surface area contributed by atoms with Crippen LogP contribution in [-0.2, 0) is 28.9 Å². The minimum Gasteiger partial charge on any atom is -0.385 e. The number of aliphatic hydroxyl groups excluding tert-OH is 1. The molecule has 1 aromatic heterocycles. The molecule has 0 saturated heterocycles. The van der Waals surface area contributed by atoms with Crippen LogP contribution in [0.2, 0.25) is 0 Å². The molecule has 0 aliphatic carbocycles. The number of anilines is 1. The number of hydrogen-bond donors (Lipinski definition) is 1. The highest BCUT2D eigenvalue weighted by Gasteiger charge is 2.24. The third-order valence-electron chi connectivity index (χ3n) is 5.15. The zero-order valence-electron chi connectivity index (χ0n) is 17.6. The SMILES string of the molecule is CCc1cccc(CC)c1N(COC)C(=O)Cn1c([C@@H](C)O)nc2ccccc21. The highest BCUT2D eigenvalue weighted by molar-refractivity contribution is 5.95. The molecule has 0 fully saturated rings. The van der Waals surface area contributed by atoms with Gasteiger partial charge in [0.2, 0.25) is 5.91 Å². The number of methoxy groups -OCH3 is 1. The fourth-order valence-corrected chi connectivity index (χ4v) is 3.75. The molecular formula is C23H29N3O3. The normalized spacial score (nSPS) is 12.3. The average molecular weight is 396 g/mol. The Hall–Kier alpha value is -2.70. The third-order valence-corrected chi connectivity index (χ3v) is 5.15. The molecule has 3 rings (SSSR count). The van der Waals surface area contributed by atoms with Crippen molar-refractivity contribution in [2.75, 3.05) is 18.7 Å². The van der Waals surface area contributed by atoms with E-state index in [0.29, 0.717) is 5.82 Å². The molecule has 0 aliphatic heterocycles. The number of ether oxygens (including phenoxy) is 1. The fraction of sp³-hybridized carbons (Fsp3) is 0.391. The molecule has 3 aromatic rings. The number of carbonyl (C=O) groups is 1. The number of aliphatic hydroxyl groups is 1. The lowest BCUT2D eigenvalue weighted by Gasteiger charge is -2.27. The summed E-state index contributed by atoms with van der Waals surface area (Å²) in [6.07, 6.45) is 0.868. The van der Waals surface area contributed by atoms with Gasteiger partial charge in [0.25, 0.3) is 0 Å². The van der Waals surface area contributed by atoms with E-state index in [1.807, 2.05) is 30.3 Å². The number of rotatable bonds is 8. The van der Waals surface area contributed by atoms with E-state index in [1.54, 1.807) is 23.5 Å². The zero-order valence-corrected chi connectivity index (χ0v) is 17.6. The van der Waals surface area contributed by atoms with Gasteiger partial charge in [-0.3, -0.25) is 9.69 Å². The van der Waals surface area contributed by atoms with E-state index in [9.17, 15) is 9.90 Å². The van der Waals surface area contributed by atoms with E-state index in [4.69, 9.17) is 4.74 Å². The minimum absolute atomic E-state index is 0.0747. The maximum absolute atomic E-state index is 13.5. The topological polar surface area (TPSA) is 67.6 Å². The van der Waals surface area contributed by atoms with Crippen LogP contribution in [0.3, 0.4) is 0 Å². The van der Waals surface area contributed by atoms with Gasteiger partial charge < -0.3 is 14.4 Å². The lowest BCUT2D eigenvalue weighted by atomic mass is 10.0. The first-order valence-corrected chi connectivity index (χ1v) is 10.0. The van der Waals surface area contributed by atoms with E-state index >= 15 is 0 Å². The van der Waals surface area contributed by atoms with Gasteiger partial charge in [0, 0.05) is 7.11 Å². The maximum atomic E-state index is 13.5.